The highest BCUT2D eigenvalue weighted by Gasteiger charge is 2.13. The number of para-hydroxylation sites is 1. The van der Waals surface area contributed by atoms with Gasteiger partial charge in [0.15, 0.2) is 0 Å². The van der Waals surface area contributed by atoms with Crippen LogP contribution in [0.25, 0.3) is 0 Å². The van der Waals surface area contributed by atoms with Crippen LogP contribution in [-0.4, -0.2) is 34.7 Å². The molecule has 0 aliphatic carbocycles. The van der Waals surface area contributed by atoms with E-state index in [1.54, 1.807) is 23.7 Å². The molecule has 0 aliphatic rings. The van der Waals surface area contributed by atoms with Crippen LogP contribution in [-0.2, 0) is 13.6 Å². The lowest BCUT2D eigenvalue weighted by Gasteiger charge is -2.15. The van der Waals surface area contributed by atoms with Gasteiger partial charge in [0.25, 0.3) is 5.91 Å². The number of nitrogens with zero attached hydrogens (tertiary/aromatic N) is 3. The van der Waals surface area contributed by atoms with Crippen molar-refractivity contribution in [2.45, 2.75) is 13.5 Å². The minimum absolute atomic E-state index is 0.00370. The largest absolute Gasteiger partial charge is 0.380 e. The molecule has 1 heterocycles. The van der Waals surface area contributed by atoms with E-state index in [9.17, 15) is 4.79 Å². The lowest BCUT2D eigenvalue weighted by atomic mass is 10.1. The van der Waals surface area contributed by atoms with Crippen molar-refractivity contribution in [1.29, 1.82) is 0 Å². The smallest absolute Gasteiger partial charge is 0.255 e. The quantitative estimate of drug-likeness (QED) is 0.926. The molecule has 1 aromatic carbocycles. The van der Waals surface area contributed by atoms with Crippen LogP contribution in [0.5, 0.6) is 0 Å². The minimum Gasteiger partial charge on any atom is -0.380 e. The van der Waals surface area contributed by atoms with Gasteiger partial charge in [0, 0.05) is 45.1 Å². The Balaban J connectivity index is 2.18. The van der Waals surface area contributed by atoms with Crippen LogP contribution < -0.4 is 5.32 Å². The van der Waals surface area contributed by atoms with Crippen LogP contribution in [0.15, 0.2) is 30.5 Å². The zero-order chi connectivity index (χ0) is 14.7. The van der Waals surface area contributed by atoms with Crippen molar-refractivity contribution in [2.75, 3.05) is 19.4 Å². The SMILES string of the molecule is Cc1nn(C)cc1CNc1ccccc1C(=O)N(C)C. The minimum atomic E-state index is -0.00370. The van der Waals surface area contributed by atoms with Gasteiger partial charge < -0.3 is 10.2 Å². The van der Waals surface area contributed by atoms with Crippen molar-refractivity contribution in [1.82, 2.24) is 14.7 Å². The maximum absolute atomic E-state index is 12.1. The third-order valence-corrected chi connectivity index (χ3v) is 3.15. The van der Waals surface area contributed by atoms with Gasteiger partial charge in [-0.05, 0) is 19.1 Å². The highest BCUT2D eigenvalue weighted by Crippen LogP contribution is 2.18. The second-order valence-corrected chi connectivity index (χ2v) is 5.01. The number of benzene rings is 1. The second kappa shape index (κ2) is 5.77. The van der Waals surface area contributed by atoms with Crippen molar-refractivity contribution in [3.63, 3.8) is 0 Å². The Morgan fingerprint density at radius 1 is 1.35 bits per heavy atom. The average molecular weight is 272 g/mol. The topological polar surface area (TPSA) is 50.2 Å². The summed E-state index contributed by atoms with van der Waals surface area (Å²) in [5.74, 6) is -0.00370. The first-order chi connectivity index (χ1) is 9.49. The van der Waals surface area contributed by atoms with Crippen molar-refractivity contribution in [3.05, 3.63) is 47.3 Å². The van der Waals surface area contributed by atoms with E-state index < -0.39 is 0 Å². The van der Waals surface area contributed by atoms with E-state index in [2.05, 4.69) is 10.4 Å². The van der Waals surface area contributed by atoms with Crippen LogP contribution in [0, 0.1) is 6.92 Å². The number of aromatic nitrogens is 2. The summed E-state index contributed by atoms with van der Waals surface area (Å²) in [6.07, 6.45) is 1.98. The van der Waals surface area contributed by atoms with Crippen LogP contribution >= 0.6 is 0 Å². The molecule has 0 bridgehead atoms. The number of rotatable bonds is 4. The molecule has 5 nitrogen and oxygen atoms in total. The Morgan fingerprint density at radius 3 is 2.65 bits per heavy atom. The number of carbonyl (C=O) groups is 1. The highest BCUT2D eigenvalue weighted by atomic mass is 16.2. The number of carbonyl (C=O) groups excluding carboxylic acids is 1. The maximum Gasteiger partial charge on any atom is 0.255 e. The van der Waals surface area contributed by atoms with E-state index in [1.165, 1.54) is 0 Å². The molecule has 1 N–H and O–H groups in total. The van der Waals surface area contributed by atoms with Gasteiger partial charge in [-0.25, -0.2) is 0 Å². The van der Waals surface area contributed by atoms with E-state index in [1.807, 2.05) is 44.4 Å². The summed E-state index contributed by atoms with van der Waals surface area (Å²) in [6, 6.07) is 7.55. The molecule has 5 heteroatoms. The van der Waals surface area contributed by atoms with Gasteiger partial charge in [-0.15, -0.1) is 0 Å². The average Bonchev–Trinajstić information content (AvgIpc) is 2.74. The number of nitrogens with one attached hydrogen (secondary N) is 1. The third kappa shape index (κ3) is 2.99. The molecule has 0 unspecified atom stereocenters. The summed E-state index contributed by atoms with van der Waals surface area (Å²) < 4.78 is 1.79. The number of hydrogen-bond donors (Lipinski definition) is 1. The predicted molar refractivity (Wildman–Crippen MR) is 79.7 cm³/mol. The van der Waals surface area contributed by atoms with Gasteiger partial charge in [0.1, 0.15) is 0 Å². The molecule has 0 fully saturated rings. The number of anilines is 1. The van der Waals surface area contributed by atoms with Crippen molar-refractivity contribution < 1.29 is 4.79 Å². The highest BCUT2D eigenvalue weighted by molar-refractivity contribution is 5.99. The summed E-state index contributed by atoms with van der Waals surface area (Å²) in [7, 11) is 5.41. The van der Waals surface area contributed by atoms with E-state index in [0.717, 1.165) is 16.9 Å². The van der Waals surface area contributed by atoms with Crippen LogP contribution in [0.4, 0.5) is 5.69 Å². The maximum atomic E-state index is 12.1. The second-order valence-electron chi connectivity index (χ2n) is 5.01. The lowest BCUT2D eigenvalue weighted by molar-refractivity contribution is 0.0828. The molecule has 0 spiro atoms. The van der Waals surface area contributed by atoms with E-state index in [0.29, 0.717) is 12.1 Å². The molecule has 0 atom stereocenters. The fraction of sp³-hybridized carbons (Fsp3) is 0.333. The summed E-state index contributed by atoms with van der Waals surface area (Å²) >= 11 is 0. The summed E-state index contributed by atoms with van der Waals surface area (Å²) in [5, 5.41) is 7.63. The molecule has 1 amide bonds. The van der Waals surface area contributed by atoms with Crippen molar-refractivity contribution in [2.24, 2.45) is 7.05 Å². The molecule has 0 saturated carbocycles. The Bertz CT molecular complexity index is 616. The summed E-state index contributed by atoms with van der Waals surface area (Å²) in [4.78, 5) is 13.7. The Kier molecular flexibility index (Phi) is 4.08. The summed E-state index contributed by atoms with van der Waals surface area (Å²) in [6.45, 7) is 2.63. The Morgan fingerprint density at radius 2 is 2.05 bits per heavy atom. The van der Waals surface area contributed by atoms with E-state index in [-0.39, 0.29) is 5.91 Å². The van der Waals surface area contributed by atoms with Gasteiger partial charge in [0.05, 0.1) is 11.3 Å². The van der Waals surface area contributed by atoms with Gasteiger partial charge in [-0.1, -0.05) is 12.1 Å². The Labute approximate surface area is 119 Å². The molecular weight excluding hydrogens is 252 g/mol. The van der Waals surface area contributed by atoms with E-state index in [4.69, 9.17) is 0 Å². The van der Waals surface area contributed by atoms with Crippen molar-refractivity contribution >= 4 is 11.6 Å². The van der Waals surface area contributed by atoms with Crippen molar-refractivity contribution in [3.8, 4) is 0 Å². The van der Waals surface area contributed by atoms with E-state index >= 15 is 0 Å². The molecule has 1 aromatic heterocycles. The van der Waals surface area contributed by atoms with Crippen LogP contribution in [0.2, 0.25) is 0 Å². The number of aryl methyl sites for hydroxylation is 2. The lowest BCUT2D eigenvalue weighted by Crippen LogP contribution is -2.22. The summed E-state index contributed by atoms with van der Waals surface area (Å²) in [5.41, 5.74) is 3.64. The molecule has 0 aliphatic heterocycles. The predicted octanol–water partition coefficient (Wildman–Crippen LogP) is 2.04. The number of amides is 1. The monoisotopic (exact) mass is 272 g/mol. The van der Waals surface area contributed by atoms with Gasteiger partial charge in [-0.3, -0.25) is 9.48 Å². The zero-order valence-corrected chi connectivity index (χ0v) is 12.3. The fourth-order valence-corrected chi connectivity index (χ4v) is 2.08. The first-order valence-corrected chi connectivity index (χ1v) is 6.52. The molecule has 2 rings (SSSR count). The Hall–Kier alpha value is -2.30. The first kappa shape index (κ1) is 14.1. The molecule has 2 aromatic rings. The number of hydrogen-bond acceptors (Lipinski definition) is 3. The normalized spacial score (nSPS) is 10.4. The molecule has 0 radical (unpaired) electrons. The van der Waals surface area contributed by atoms with Crippen LogP contribution in [0.1, 0.15) is 21.6 Å². The third-order valence-electron chi connectivity index (χ3n) is 3.15. The molecule has 20 heavy (non-hydrogen) atoms. The standard InChI is InChI=1S/C15H20N4O/c1-11-12(10-19(4)17-11)9-16-14-8-6-5-7-13(14)15(20)18(2)3/h5-8,10,16H,9H2,1-4H3. The first-order valence-electron chi connectivity index (χ1n) is 6.52. The van der Waals surface area contributed by atoms with Gasteiger partial charge >= 0.3 is 0 Å². The molecule has 0 saturated heterocycles. The van der Waals surface area contributed by atoms with Crippen LogP contribution in [0.3, 0.4) is 0 Å². The van der Waals surface area contributed by atoms with Gasteiger partial charge in [0.2, 0.25) is 0 Å². The molecule has 106 valence electrons. The fourth-order valence-electron chi connectivity index (χ4n) is 2.08. The molecular formula is C15H20N4O. The zero-order valence-electron chi connectivity index (χ0n) is 12.3. The van der Waals surface area contributed by atoms with Gasteiger partial charge in [-0.2, -0.15) is 5.10 Å².